The molecule has 0 fully saturated rings. The van der Waals surface area contributed by atoms with Gasteiger partial charge in [-0.2, -0.15) is 5.26 Å². The van der Waals surface area contributed by atoms with Gasteiger partial charge in [-0.1, -0.05) is 0 Å². The van der Waals surface area contributed by atoms with Gasteiger partial charge in [0.25, 0.3) is 0 Å². The minimum atomic E-state index is -0.482. The van der Waals surface area contributed by atoms with Crippen molar-refractivity contribution in [3.63, 3.8) is 0 Å². The Hall–Kier alpha value is -1.38. The molecule has 2 rings (SSSR count). The second-order valence-corrected chi connectivity index (χ2v) is 3.77. The number of nitrogens with zero attached hydrogens (tertiary/aromatic N) is 3. The summed E-state index contributed by atoms with van der Waals surface area (Å²) in [6, 6.07) is 1.60. The van der Waals surface area contributed by atoms with Crippen molar-refractivity contribution in [2.24, 2.45) is 5.73 Å². The van der Waals surface area contributed by atoms with E-state index in [-0.39, 0.29) is 6.61 Å². The smallest absolute Gasteiger partial charge is 0.162 e. The van der Waals surface area contributed by atoms with Gasteiger partial charge in [0.15, 0.2) is 5.69 Å². The number of aromatic nitrogens is 2. The van der Waals surface area contributed by atoms with Crippen LogP contribution in [-0.2, 0) is 13.0 Å². The van der Waals surface area contributed by atoms with Gasteiger partial charge < -0.3 is 15.4 Å². The molecule has 0 saturated heterocycles. The maximum Gasteiger partial charge on any atom is 0.162 e. The van der Waals surface area contributed by atoms with Crippen LogP contribution in [0.2, 0.25) is 0 Å². The van der Waals surface area contributed by atoms with Crippen molar-refractivity contribution in [2.75, 3.05) is 6.61 Å². The Bertz CT molecular complexity index is 404. The van der Waals surface area contributed by atoms with Crippen LogP contribution in [0.5, 0.6) is 0 Å². The fourth-order valence-electron chi connectivity index (χ4n) is 2.03. The van der Waals surface area contributed by atoms with Gasteiger partial charge in [-0.3, -0.25) is 0 Å². The molecule has 0 spiro atoms. The third-order valence-electron chi connectivity index (χ3n) is 2.78. The van der Waals surface area contributed by atoms with Crippen molar-refractivity contribution in [1.29, 1.82) is 5.26 Å². The fraction of sp³-hybridized carbons (Fsp3) is 0.600. The summed E-state index contributed by atoms with van der Waals surface area (Å²) >= 11 is 0. The summed E-state index contributed by atoms with van der Waals surface area (Å²) in [4.78, 5) is 4.20. The Balaban J connectivity index is 2.48. The number of nitrogens with two attached hydrogens (primary N) is 1. The monoisotopic (exact) mass is 206 g/mol. The Labute approximate surface area is 88.1 Å². The van der Waals surface area contributed by atoms with Crippen LogP contribution in [0.15, 0.2) is 0 Å². The predicted molar refractivity (Wildman–Crippen MR) is 53.9 cm³/mol. The zero-order chi connectivity index (χ0) is 10.8. The molecule has 1 aromatic heterocycles. The molecule has 15 heavy (non-hydrogen) atoms. The van der Waals surface area contributed by atoms with Crippen LogP contribution in [0.4, 0.5) is 0 Å². The summed E-state index contributed by atoms with van der Waals surface area (Å²) in [5.41, 5.74) is 7.18. The van der Waals surface area contributed by atoms with Crippen LogP contribution in [0.25, 0.3) is 0 Å². The fourth-order valence-corrected chi connectivity index (χ4v) is 2.03. The topological polar surface area (TPSA) is 87.9 Å². The lowest BCUT2D eigenvalue weighted by molar-refractivity contribution is 0.259. The molecule has 5 nitrogen and oxygen atoms in total. The highest BCUT2D eigenvalue weighted by Gasteiger charge is 2.22. The SMILES string of the molecule is N#Cc1nc(C(N)CO)n2c1CCCC2. The summed E-state index contributed by atoms with van der Waals surface area (Å²) in [5, 5.41) is 17.9. The highest BCUT2D eigenvalue weighted by Crippen LogP contribution is 2.22. The van der Waals surface area contributed by atoms with E-state index in [1.165, 1.54) is 0 Å². The molecular weight excluding hydrogens is 192 g/mol. The summed E-state index contributed by atoms with van der Waals surface area (Å²) in [6.45, 7) is 0.717. The third-order valence-corrected chi connectivity index (χ3v) is 2.78. The molecule has 0 amide bonds. The Kier molecular flexibility index (Phi) is 2.71. The molecule has 1 aliphatic heterocycles. The number of aliphatic hydroxyl groups excluding tert-OH is 1. The van der Waals surface area contributed by atoms with Gasteiger partial charge in [-0.25, -0.2) is 4.98 Å². The van der Waals surface area contributed by atoms with Crippen LogP contribution in [0.1, 0.15) is 36.1 Å². The molecule has 0 radical (unpaired) electrons. The Morgan fingerprint density at radius 1 is 1.60 bits per heavy atom. The number of fused-ring (bicyclic) bond motifs is 1. The number of aliphatic hydroxyl groups is 1. The van der Waals surface area contributed by atoms with Crippen LogP contribution in [0.3, 0.4) is 0 Å². The Morgan fingerprint density at radius 2 is 2.40 bits per heavy atom. The molecule has 1 atom stereocenters. The molecule has 3 N–H and O–H groups in total. The van der Waals surface area contributed by atoms with Crippen molar-refractivity contribution in [3.05, 3.63) is 17.2 Å². The third kappa shape index (κ3) is 1.62. The Morgan fingerprint density at radius 3 is 3.07 bits per heavy atom. The highest BCUT2D eigenvalue weighted by molar-refractivity contribution is 5.31. The molecule has 0 saturated carbocycles. The van der Waals surface area contributed by atoms with Gasteiger partial charge in [0.2, 0.25) is 0 Å². The molecule has 1 aliphatic rings. The van der Waals surface area contributed by atoms with E-state index in [1.807, 2.05) is 4.57 Å². The number of nitriles is 1. The normalized spacial score (nSPS) is 16.9. The van der Waals surface area contributed by atoms with Gasteiger partial charge in [-0.15, -0.1) is 0 Å². The summed E-state index contributed by atoms with van der Waals surface area (Å²) in [5.74, 6) is 0.642. The molecule has 80 valence electrons. The van der Waals surface area contributed by atoms with E-state index in [0.29, 0.717) is 11.5 Å². The molecule has 1 unspecified atom stereocenters. The van der Waals surface area contributed by atoms with E-state index in [9.17, 15) is 0 Å². The first-order valence-electron chi connectivity index (χ1n) is 5.13. The molecule has 0 bridgehead atoms. The molecule has 2 heterocycles. The zero-order valence-electron chi connectivity index (χ0n) is 8.48. The molecule has 0 aromatic carbocycles. The van der Waals surface area contributed by atoms with Gasteiger partial charge in [0.1, 0.15) is 11.9 Å². The van der Waals surface area contributed by atoms with Gasteiger partial charge in [0, 0.05) is 6.54 Å². The van der Waals surface area contributed by atoms with Crippen LogP contribution < -0.4 is 5.73 Å². The van der Waals surface area contributed by atoms with Crippen molar-refractivity contribution in [1.82, 2.24) is 9.55 Å². The summed E-state index contributed by atoms with van der Waals surface area (Å²) < 4.78 is 1.99. The average Bonchev–Trinajstić information content (AvgIpc) is 2.67. The lowest BCUT2D eigenvalue weighted by Crippen LogP contribution is -2.22. The maximum atomic E-state index is 9.01. The molecular formula is C10H14N4O. The van der Waals surface area contributed by atoms with Crippen molar-refractivity contribution >= 4 is 0 Å². The quantitative estimate of drug-likeness (QED) is 0.717. The largest absolute Gasteiger partial charge is 0.394 e. The summed E-state index contributed by atoms with van der Waals surface area (Å²) in [7, 11) is 0. The molecule has 1 aromatic rings. The van der Waals surface area contributed by atoms with E-state index in [4.69, 9.17) is 16.1 Å². The molecule has 5 heteroatoms. The number of rotatable bonds is 2. The van der Waals surface area contributed by atoms with Crippen molar-refractivity contribution < 1.29 is 5.11 Å². The van der Waals surface area contributed by atoms with Crippen molar-refractivity contribution in [2.45, 2.75) is 31.8 Å². The second kappa shape index (κ2) is 4.01. The first-order chi connectivity index (χ1) is 7.27. The standard InChI is InChI=1S/C10H14N4O/c11-5-8-9-3-1-2-4-14(9)10(13-8)7(12)6-15/h7,15H,1-4,6,12H2. The number of hydrogen-bond donors (Lipinski definition) is 2. The van der Waals surface area contributed by atoms with Crippen LogP contribution >= 0.6 is 0 Å². The highest BCUT2D eigenvalue weighted by atomic mass is 16.3. The van der Waals surface area contributed by atoms with E-state index in [2.05, 4.69) is 11.1 Å². The number of hydrogen-bond acceptors (Lipinski definition) is 4. The minimum absolute atomic E-state index is 0.138. The summed E-state index contributed by atoms with van der Waals surface area (Å²) in [6.07, 6.45) is 3.06. The minimum Gasteiger partial charge on any atom is -0.394 e. The van der Waals surface area contributed by atoms with Crippen LogP contribution in [-0.4, -0.2) is 21.3 Å². The lowest BCUT2D eigenvalue weighted by Gasteiger charge is -2.18. The zero-order valence-corrected chi connectivity index (χ0v) is 8.48. The van der Waals surface area contributed by atoms with Gasteiger partial charge in [0.05, 0.1) is 18.3 Å². The lowest BCUT2D eigenvalue weighted by atomic mass is 10.1. The van der Waals surface area contributed by atoms with Crippen LogP contribution in [0, 0.1) is 11.3 Å². The average molecular weight is 206 g/mol. The number of imidazole rings is 1. The van der Waals surface area contributed by atoms with E-state index in [0.717, 1.165) is 31.5 Å². The van der Waals surface area contributed by atoms with Gasteiger partial charge >= 0.3 is 0 Å². The van der Waals surface area contributed by atoms with Gasteiger partial charge in [-0.05, 0) is 19.3 Å². The van der Waals surface area contributed by atoms with Crippen molar-refractivity contribution in [3.8, 4) is 6.07 Å². The van der Waals surface area contributed by atoms with E-state index < -0.39 is 6.04 Å². The second-order valence-electron chi connectivity index (χ2n) is 3.77. The van der Waals surface area contributed by atoms with E-state index in [1.54, 1.807) is 0 Å². The van der Waals surface area contributed by atoms with E-state index >= 15 is 0 Å². The predicted octanol–water partition coefficient (Wildman–Crippen LogP) is 0.0832. The first kappa shape index (κ1) is 10.1. The maximum absolute atomic E-state index is 9.01. The first-order valence-corrected chi connectivity index (χ1v) is 5.13. The molecule has 0 aliphatic carbocycles.